The number of hydrogen-bond acceptors (Lipinski definition) is 4. The first kappa shape index (κ1) is 18.9. The van der Waals surface area contributed by atoms with Gasteiger partial charge >= 0.3 is 0 Å². The van der Waals surface area contributed by atoms with E-state index >= 15 is 0 Å². The molecular formula is C24H24N4O. The highest BCUT2D eigenvalue weighted by atomic mass is 16.5. The van der Waals surface area contributed by atoms with Crippen LogP contribution in [-0.4, -0.2) is 14.8 Å². The van der Waals surface area contributed by atoms with E-state index in [1.807, 2.05) is 41.2 Å². The summed E-state index contributed by atoms with van der Waals surface area (Å²) in [6.45, 7) is 3.01. The fourth-order valence-corrected chi connectivity index (χ4v) is 3.04. The SMILES string of the molecule is c1cnn(Cc2ccc(CNCc3ccc(OCc4ccncc4)cc3)cc2)c1. The predicted octanol–water partition coefficient (Wildman–Crippen LogP) is 4.20. The van der Waals surface area contributed by atoms with E-state index in [1.54, 1.807) is 18.6 Å². The highest BCUT2D eigenvalue weighted by Crippen LogP contribution is 2.14. The van der Waals surface area contributed by atoms with Gasteiger partial charge in [-0.1, -0.05) is 36.4 Å². The minimum Gasteiger partial charge on any atom is -0.489 e. The quantitative estimate of drug-likeness (QED) is 0.470. The normalized spacial score (nSPS) is 10.8. The summed E-state index contributed by atoms with van der Waals surface area (Å²) in [5.41, 5.74) is 4.87. The van der Waals surface area contributed by atoms with Gasteiger partial charge < -0.3 is 10.1 Å². The lowest BCUT2D eigenvalue weighted by Gasteiger charge is -2.09. The molecule has 2 heterocycles. The van der Waals surface area contributed by atoms with Gasteiger partial charge in [-0.3, -0.25) is 9.67 Å². The number of nitrogens with zero attached hydrogens (tertiary/aromatic N) is 3. The number of pyridine rings is 1. The van der Waals surface area contributed by atoms with Gasteiger partial charge in [0, 0.05) is 37.9 Å². The number of benzene rings is 2. The Labute approximate surface area is 171 Å². The van der Waals surface area contributed by atoms with Crippen LogP contribution in [0.2, 0.25) is 0 Å². The zero-order chi connectivity index (χ0) is 19.7. The molecule has 4 aromatic rings. The third kappa shape index (κ3) is 5.77. The van der Waals surface area contributed by atoms with Gasteiger partial charge in [-0.25, -0.2) is 0 Å². The van der Waals surface area contributed by atoms with Crippen molar-refractivity contribution in [2.45, 2.75) is 26.2 Å². The Bertz CT molecular complexity index is 982. The van der Waals surface area contributed by atoms with Gasteiger partial charge in [0.2, 0.25) is 0 Å². The van der Waals surface area contributed by atoms with Crippen LogP contribution >= 0.6 is 0 Å². The Hall–Kier alpha value is -3.44. The molecule has 0 aliphatic rings. The smallest absolute Gasteiger partial charge is 0.119 e. The minimum absolute atomic E-state index is 0.552. The Morgan fingerprint density at radius 2 is 1.38 bits per heavy atom. The number of rotatable bonds is 9. The second-order valence-electron chi connectivity index (χ2n) is 6.91. The molecule has 0 aliphatic heterocycles. The summed E-state index contributed by atoms with van der Waals surface area (Å²) in [7, 11) is 0. The number of aromatic nitrogens is 3. The molecular weight excluding hydrogens is 360 g/mol. The molecule has 0 unspecified atom stereocenters. The van der Waals surface area contributed by atoms with E-state index in [4.69, 9.17) is 4.74 Å². The van der Waals surface area contributed by atoms with Crippen molar-refractivity contribution in [3.8, 4) is 5.75 Å². The van der Waals surface area contributed by atoms with Crippen LogP contribution in [0.5, 0.6) is 5.75 Å². The van der Waals surface area contributed by atoms with Crippen molar-refractivity contribution in [1.29, 1.82) is 0 Å². The van der Waals surface area contributed by atoms with Gasteiger partial charge in [0.15, 0.2) is 0 Å². The third-order valence-electron chi connectivity index (χ3n) is 4.66. The van der Waals surface area contributed by atoms with Crippen LogP contribution in [0.3, 0.4) is 0 Å². The van der Waals surface area contributed by atoms with Crippen molar-refractivity contribution in [2.24, 2.45) is 0 Å². The van der Waals surface area contributed by atoms with Crippen LogP contribution in [-0.2, 0) is 26.2 Å². The maximum Gasteiger partial charge on any atom is 0.119 e. The number of nitrogens with one attached hydrogen (secondary N) is 1. The summed E-state index contributed by atoms with van der Waals surface area (Å²) in [4.78, 5) is 4.02. The molecule has 5 heteroatoms. The summed E-state index contributed by atoms with van der Waals surface area (Å²) < 4.78 is 7.74. The maximum atomic E-state index is 5.82. The average molecular weight is 384 g/mol. The molecule has 0 atom stereocenters. The monoisotopic (exact) mass is 384 g/mol. The van der Waals surface area contributed by atoms with Crippen molar-refractivity contribution in [3.05, 3.63) is 114 Å². The van der Waals surface area contributed by atoms with Crippen molar-refractivity contribution in [2.75, 3.05) is 0 Å². The third-order valence-corrected chi connectivity index (χ3v) is 4.66. The van der Waals surface area contributed by atoms with E-state index in [0.717, 1.165) is 30.9 Å². The molecule has 0 bridgehead atoms. The molecule has 146 valence electrons. The summed E-state index contributed by atoms with van der Waals surface area (Å²) in [6, 6.07) is 22.8. The minimum atomic E-state index is 0.552. The topological polar surface area (TPSA) is 52.0 Å². The first-order chi connectivity index (χ1) is 14.3. The Balaban J connectivity index is 1.21. The van der Waals surface area contributed by atoms with E-state index in [0.29, 0.717) is 6.61 Å². The van der Waals surface area contributed by atoms with Gasteiger partial charge in [0.25, 0.3) is 0 Å². The molecule has 4 rings (SSSR count). The molecule has 1 N–H and O–H groups in total. The zero-order valence-corrected chi connectivity index (χ0v) is 16.2. The summed E-state index contributed by atoms with van der Waals surface area (Å²) in [5, 5.41) is 7.74. The molecule has 2 aromatic heterocycles. The molecule has 0 spiro atoms. The Morgan fingerprint density at radius 3 is 2.03 bits per heavy atom. The second kappa shape index (κ2) is 9.66. The van der Waals surface area contributed by atoms with Crippen LogP contribution in [0.15, 0.2) is 91.5 Å². The molecule has 0 saturated carbocycles. The molecule has 0 radical (unpaired) electrons. The summed E-state index contributed by atoms with van der Waals surface area (Å²) >= 11 is 0. The molecule has 0 aliphatic carbocycles. The van der Waals surface area contributed by atoms with E-state index in [-0.39, 0.29) is 0 Å². The summed E-state index contributed by atoms with van der Waals surface area (Å²) in [5.74, 6) is 0.873. The Morgan fingerprint density at radius 1 is 0.724 bits per heavy atom. The van der Waals surface area contributed by atoms with Crippen LogP contribution < -0.4 is 10.1 Å². The summed E-state index contributed by atoms with van der Waals surface area (Å²) in [6.07, 6.45) is 7.34. The van der Waals surface area contributed by atoms with Crippen LogP contribution in [0.4, 0.5) is 0 Å². The standard InChI is InChI=1S/C24H24N4O/c1-12-27-28(15-1)18-22-4-2-20(3-5-22)16-26-17-21-6-8-24(9-7-21)29-19-23-10-13-25-14-11-23/h1-15,26H,16-19H2. The lowest BCUT2D eigenvalue weighted by atomic mass is 10.1. The van der Waals surface area contributed by atoms with Crippen LogP contribution in [0.1, 0.15) is 22.3 Å². The van der Waals surface area contributed by atoms with Crippen LogP contribution in [0, 0.1) is 0 Å². The lowest BCUT2D eigenvalue weighted by molar-refractivity contribution is 0.306. The van der Waals surface area contributed by atoms with E-state index in [9.17, 15) is 0 Å². The average Bonchev–Trinajstić information content (AvgIpc) is 3.28. The lowest BCUT2D eigenvalue weighted by Crippen LogP contribution is -2.12. The molecule has 5 nitrogen and oxygen atoms in total. The Kier molecular flexibility index (Phi) is 6.30. The highest BCUT2D eigenvalue weighted by Gasteiger charge is 1.99. The predicted molar refractivity (Wildman–Crippen MR) is 113 cm³/mol. The van der Waals surface area contributed by atoms with Crippen molar-refractivity contribution < 1.29 is 4.74 Å². The van der Waals surface area contributed by atoms with Gasteiger partial charge in [-0.15, -0.1) is 0 Å². The van der Waals surface area contributed by atoms with E-state index < -0.39 is 0 Å². The van der Waals surface area contributed by atoms with E-state index in [1.165, 1.54) is 16.7 Å². The van der Waals surface area contributed by atoms with Gasteiger partial charge in [0.05, 0.1) is 6.54 Å². The fraction of sp³-hybridized carbons (Fsp3) is 0.167. The first-order valence-electron chi connectivity index (χ1n) is 9.72. The largest absolute Gasteiger partial charge is 0.489 e. The van der Waals surface area contributed by atoms with Gasteiger partial charge in [0.1, 0.15) is 12.4 Å². The second-order valence-corrected chi connectivity index (χ2v) is 6.91. The van der Waals surface area contributed by atoms with Gasteiger partial charge in [-0.05, 0) is 52.6 Å². The number of hydrogen-bond donors (Lipinski definition) is 1. The highest BCUT2D eigenvalue weighted by molar-refractivity contribution is 5.28. The van der Waals surface area contributed by atoms with Crippen molar-refractivity contribution >= 4 is 0 Å². The van der Waals surface area contributed by atoms with E-state index in [2.05, 4.69) is 51.8 Å². The molecule has 0 amide bonds. The first-order valence-corrected chi connectivity index (χ1v) is 9.72. The molecule has 29 heavy (non-hydrogen) atoms. The maximum absolute atomic E-state index is 5.82. The molecule has 0 saturated heterocycles. The van der Waals surface area contributed by atoms with Gasteiger partial charge in [-0.2, -0.15) is 5.10 Å². The number of ether oxygens (including phenoxy) is 1. The fourth-order valence-electron chi connectivity index (χ4n) is 3.04. The molecule has 0 fully saturated rings. The zero-order valence-electron chi connectivity index (χ0n) is 16.2. The van der Waals surface area contributed by atoms with Crippen LogP contribution in [0.25, 0.3) is 0 Å². The van der Waals surface area contributed by atoms with Crippen molar-refractivity contribution in [1.82, 2.24) is 20.1 Å². The molecule has 2 aromatic carbocycles. The van der Waals surface area contributed by atoms with Crippen molar-refractivity contribution in [3.63, 3.8) is 0 Å².